The van der Waals surface area contributed by atoms with Crippen LogP contribution in [-0.2, 0) is 21.6 Å². The van der Waals surface area contributed by atoms with E-state index in [1.807, 2.05) is 86.3 Å². The van der Waals surface area contributed by atoms with Crippen molar-refractivity contribution in [3.63, 3.8) is 0 Å². The Morgan fingerprint density at radius 1 is 1.03 bits per heavy atom. The van der Waals surface area contributed by atoms with Crippen LogP contribution in [0.2, 0.25) is 5.02 Å². The molecule has 0 bridgehead atoms. The first kappa shape index (κ1) is 27.5. The highest BCUT2D eigenvalue weighted by Gasteiger charge is 2.38. The second-order valence-electron chi connectivity index (χ2n) is 10.8. The molecule has 1 unspecified atom stereocenters. The van der Waals surface area contributed by atoms with E-state index in [2.05, 4.69) is 0 Å². The van der Waals surface area contributed by atoms with Crippen molar-refractivity contribution in [1.29, 1.82) is 0 Å². The van der Waals surface area contributed by atoms with Gasteiger partial charge in [-0.25, -0.2) is 0 Å². The zero-order valence-corrected chi connectivity index (χ0v) is 23.7. The summed E-state index contributed by atoms with van der Waals surface area (Å²) in [5, 5.41) is 12.1. The van der Waals surface area contributed by atoms with Crippen LogP contribution in [-0.4, -0.2) is 37.4 Å². The number of fused-ring (bicyclic) bond motifs is 1. The molecule has 3 aromatic carbocycles. The molecular weight excluding hydrogens is 514 g/mol. The third-order valence-corrected chi connectivity index (χ3v) is 8.14. The van der Waals surface area contributed by atoms with E-state index in [0.29, 0.717) is 29.7 Å². The molecule has 7 heteroatoms. The molecule has 1 fully saturated rings. The first-order valence-electron chi connectivity index (χ1n) is 13.5. The van der Waals surface area contributed by atoms with Gasteiger partial charge in [-0.1, -0.05) is 35.9 Å². The van der Waals surface area contributed by atoms with Crippen LogP contribution in [0, 0.1) is 5.92 Å². The number of benzene rings is 3. The van der Waals surface area contributed by atoms with E-state index < -0.39 is 5.60 Å². The average molecular weight is 550 g/mol. The third kappa shape index (κ3) is 5.51. The highest BCUT2D eigenvalue weighted by Crippen LogP contribution is 2.44. The van der Waals surface area contributed by atoms with Crippen molar-refractivity contribution in [3.05, 3.63) is 87.9 Å². The first-order valence-corrected chi connectivity index (χ1v) is 13.9. The maximum atomic E-state index is 13.8. The topological polar surface area (TPSA) is 68.2 Å². The summed E-state index contributed by atoms with van der Waals surface area (Å²) < 4.78 is 17.2. The Morgan fingerprint density at radius 2 is 1.69 bits per heavy atom. The van der Waals surface area contributed by atoms with Crippen molar-refractivity contribution in [1.82, 2.24) is 0 Å². The minimum absolute atomic E-state index is 0.0222. The van der Waals surface area contributed by atoms with E-state index in [0.717, 1.165) is 40.8 Å². The van der Waals surface area contributed by atoms with Crippen LogP contribution >= 0.6 is 11.6 Å². The Hall–Kier alpha value is -3.06. The van der Waals surface area contributed by atoms with Crippen LogP contribution in [0.4, 0.5) is 5.69 Å². The smallest absolute Gasteiger partial charge is 0.232 e. The van der Waals surface area contributed by atoms with Crippen molar-refractivity contribution < 1.29 is 24.1 Å². The van der Waals surface area contributed by atoms with E-state index >= 15 is 0 Å². The maximum Gasteiger partial charge on any atom is 0.232 e. The Morgan fingerprint density at radius 3 is 2.31 bits per heavy atom. The summed E-state index contributed by atoms with van der Waals surface area (Å²) in [5.74, 6) is 1.35. The number of amides is 1. The van der Waals surface area contributed by atoms with Gasteiger partial charge in [-0.15, -0.1) is 0 Å². The molecule has 0 radical (unpaired) electrons. The first-order chi connectivity index (χ1) is 18.7. The van der Waals surface area contributed by atoms with Crippen LogP contribution in [0.1, 0.15) is 61.9 Å². The number of ether oxygens (including phenoxy) is 3. The molecule has 0 saturated carbocycles. The summed E-state index contributed by atoms with van der Waals surface area (Å²) in [6, 6.07) is 18.9. The van der Waals surface area contributed by atoms with Gasteiger partial charge in [0.05, 0.1) is 31.3 Å². The van der Waals surface area contributed by atoms with E-state index in [9.17, 15) is 9.90 Å². The number of carbonyl (C=O) groups is 1. The van der Waals surface area contributed by atoms with Crippen LogP contribution < -0.4 is 14.4 Å². The molecule has 2 aliphatic heterocycles. The molecule has 0 aliphatic carbocycles. The number of methoxy groups -OCH3 is 1. The van der Waals surface area contributed by atoms with Gasteiger partial charge in [-0.05, 0) is 98.2 Å². The third-order valence-electron chi connectivity index (χ3n) is 7.88. The van der Waals surface area contributed by atoms with Crippen LogP contribution in [0.5, 0.6) is 11.5 Å². The van der Waals surface area contributed by atoms with Crippen molar-refractivity contribution in [2.75, 3.05) is 25.2 Å². The molecule has 5 rings (SSSR count). The minimum atomic E-state index is -0.976. The SMILES string of the molecule is COc1cc2c(cc1OC(C)C)C(c1ccc(Cl)cc1)N(c1ccc([C@@](C)(O)C3CCOCC3)cc1)C(=O)C2. The summed E-state index contributed by atoms with van der Waals surface area (Å²) in [5.41, 5.74) is 3.45. The molecule has 6 nitrogen and oxygen atoms in total. The normalized spacial score (nSPS) is 19.5. The zero-order valence-electron chi connectivity index (χ0n) is 22.9. The number of anilines is 1. The standard InChI is InChI=1S/C32H36ClNO5/c1-20(2)39-29-19-27-22(17-28(29)37-4)18-30(35)34(31(27)21-5-9-25(33)10-6-21)26-11-7-23(8-12-26)32(3,36)24-13-15-38-16-14-24/h5-12,17,19-20,24,31,36H,13-16,18H2,1-4H3/t31?,32-/m1/s1. The molecule has 0 spiro atoms. The Bertz CT molecular complexity index is 1310. The number of hydrogen-bond acceptors (Lipinski definition) is 5. The number of rotatable bonds is 7. The molecule has 39 heavy (non-hydrogen) atoms. The van der Waals surface area contributed by atoms with Gasteiger partial charge in [0.15, 0.2) is 11.5 Å². The largest absolute Gasteiger partial charge is 0.493 e. The predicted molar refractivity (Wildman–Crippen MR) is 153 cm³/mol. The fraction of sp³-hybridized carbons (Fsp3) is 0.406. The predicted octanol–water partition coefficient (Wildman–Crippen LogP) is 6.45. The highest BCUT2D eigenvalue weighted by molar-refractivity contribution is 6.30. The molecule has 206 valence electrons. The van der Waals surface area contributed by atoms with Gasteiger partial charge in [0.25, 0.3) is 0 Å². The zero-order chi connectivity index (χ0) is 27.7. The lowest BCUT2D eigenvalue weighted by Gasteiger charge is -2.39. The summed E-state index contributed by atoms with van der Waals surface area (Å²) in [7, 11) is 1.61. The number of aliphatic hydroxyl groups is 1. The summed E-state index contributed by atoms with van der Waals surface area (Å²) in [6.45, 7) is 7.15. The van der Waals surface area contributed by atoms with E-state index in [4.69, 9.17) is 25.8 Å². The average Bonchev–Trinajstić information content (AvgIpc) is 2.93. The second-order valence-corrected chi connectivity index (χ2v) is 11.3. The lowest BCUT2D eigenvalue weighted by atomic mass is 9.78. The van der Waals surface area contributed by atoms with Crippen LogP contribution in [0.15, 0.2) is 60.7 Å². The fourth-order valence-corrected chi connectivity index (χ4v) is 5.91. The summed E-state index contributed by atoms with van der Waals surface area (Å²) in [6.07, 6.45) is 1.83. The molecule has 2 aliphatic rings. The minimum Gasteiger partial charge on any atom is -0.493 e. The molecule has 2 atom stereocenters. The van der Waals surface area contributed by atoms with Crippen LogP contribution in [0.25, 0.3) is 0 Å². The molecule has 0 aromatic heterocycles. The number of halogens is 1. The highest BCUT2D eigenvalue weighted by atomic mass is 35.5. The monoisotopic (exact) mass is 549 g/mol. The summed E-state index contributed by atoms with van der Waals surface area (Å²) in [4.78, 5) is 15.6. The van der Waals surface area contributed by atoms with Gasteiger partial charge in [-0.2, -0.15) is 0 Å². The quantitative estimate of drug-likeness (QED) is 0.367. The molecule has 1 amide bonds. The lowest BCUT2D eigenvalue weighted by Crippen LogP contribution is -2.41. The van der Waals surface area contributed by atoms with Crippen molar-refractivity contribution in [2.24, 2.45) is 5.92 Å². The molecular formula is C32H36ClNO5. The Balaban J connectivity index is 1.58. The van der Waals surface area contributed by atoms with Gasteiger partial charge in [0.1, 0.15) is 0 Å². The molecule has 3 aromatic rings. The lowest BCUT2D eigenvalue weighted by molar-refractivity contribution is -0.118. The van der Waals surface area contributed by atoms with E-state index in [-0.39, 0.29) is 30.4 Å². The molecule has 2 heterocycles. The number of carbonyl (C=O) groups excluding carboxylic acids is 1. The van der Waals surface area contributed by atoms with Gasteiger partial charge in [0, 0.05) is 23.9 Å². The number of hydrogen-bond donors (Lipinski definition) is 1. The van der Waals surface area contributed by atoms with Gasteiger partial charge in [-0.3, -0.25) is 4.79 Å². The number of nitrogens with zero attached hydrogens (tertiary/aromatic N) is 1. The molecule has 1 N–H and O–H groups in total. The van der Waals surface area contributed by atoms with Gasteiger partial charge in [0.2, 0.25) is 5.91 Å². The van der Waals surface area contributed by atoms with Crippen molar-refractivity contribution in [3.8, 4) is 11.5 Å². The second kappa shape index (κ2) is 11.2. The fourth-order valence-electron chi connectivity index (χ4n) is 5.78. The van der Waals surface area contributed by atoms with E-state index in [1.54, 1.807) is 7.11 Å². The van der Waals surface area contributed by atoms with Crippen molar-refractivity contribution in [2.45, 2.75) is 57.8 Å². The summed E-state index contributed by atoms with van der Waals surface area (Å²) >= 11 is 6.23. The van der Waals surface area contributed by atoms with Gasteiger partial charge < -0.3 is 24.2 Å². The molecule has 1 saturated heterocycles. The van der Waals surface area contributed by atoms with Crippen molar-refractivity contribution >= 4 is 23.2 Å². The van der Waals surface area contributed by atoms with E-state index in [1.165, 1.54) is 0 Å². The Labute approximate surface area is 235 Å². The van der Waals surface area contributed by atoms with Gasteiger partial charge >= 0.3 is 0 Å². The maximum absolute atomic E-state index is 13.8. The van der Waals surface area contributed by atoms with Crippen LogP contribution in [0.3, 0.4) is 0 Å². The Kier molecular flexibility index (Phi) is 7.90.